The maximum Gasteiger partial charge on any atom is 0.238 e. The number of rotatable bonds is 9. The van der Waals surface area contributed by atoms with Gasteiger partial charge in [-0.2, -0.15) is 0 Å². The first-order valence-electron chi connectivity index (χ1n) is 12.7. The van der Waals surface area contributed by atoms with E-state index in [9.17, 15) is 9.59 Å². The molecule has 7 nitrogen and oxygen atoms in total. The Labute approximate surface area is 213 Å². The Morgan fingerprint density at radius 3 is 2.14 bits per heavy atom. The summed E-state index contributed by atoms with van der Waals surface area (Å²) in [7, 11) is 0. The third kappa shape index (κ3) is 7.69. The first-order chi connectivity index (χ1) is 17.1. The average molecular weight is 498 g/mol. The fourth-order valence-corrected chi connectivity index (χ4v) is 4.93. The summed E-state index contributed by atoms with van der Waals surface area (Å²) in [5, 5.41) is 3.40. The van der Waals surface area contributed by atoms with Gasteiger partial charge in [0.2, 0.25) is 11.8 Å². The van der Waals surface area contributed by atoms with Gasteiger partial charge < -0.3 is 15.1 Å². The van der Waals surface area contributed by atoms with Gasteiger partial charge >= 0.3 is 0 Å². The molecule has 0 aliphatic carbocycles. The number of carbonyl (C=O) groups excluding carboxylic acids is 2. The zero-order valence-corrected chi connectivity index (χ0v) is 21.1. The molecular formula is C27H36ClN5O2. The summed E-state index contributed by atoms with van der Waals surface area (Å²) in [6.07, 6.45) is 2.59. The van der Waals surface area contributed by atoms with Crippen molar-refractivity contribution < 1.29 is 9.59 Å². The van der Waals surface area contributed by atoms with Crippen molar-refractivity contribution in [1.29, 1.82) is 0 Å². The lowest BCUT2D eigenvalue weighted by atomic mass is 10.2. The number of halogens is 1. The maximum atomic E-state index is 12.6. The molecule has 2 fully saturated rings. The molecule has 2 amide bonds. The van der Waals surface area contributed by atoms with Gasteiger partial charge in [0.25, 0.3) is 0 Å². The van der Waals surface area contributed by atoms with Crippen LogP contribution in [-0.2, 0) is 9.59 Å². The maximum absolute atomic E-state index is 12.6. The summed E-state index contributed by atoms with van der Waals surface area (Å²) in [6, 6.07) is 17.8. The Kier molecular flexibility index (Phi) is 9.40. The molecule has 8 heteroatoms. The summed E-state index contributed by atoms with van der Waals surface area (Å²) >= 11 is 6.11. The van der Waals surface area contributed by atoms with Crippen LogP contribution in [0.5, 0.6) is 0 Å². The van der Waals surface area contributed by atoms with Crippen LogP contribution in [-0.4, -0.2) is 92.0 Å². The minimum absolute atomic E-state index is 0.0810. The highest BCUT2D eigenvalue weighted by Gasteiger charge is 2.22. The molecule has 0 atom stereocenters. The van der Waals surface area contributed by atoms with Crippen LogP contribution in [0.3, 0.4) is 0 Å². The Hall–Kier alpha value is -2.61. The lowest BCUT2D eigenvalue weighted by Gasteiger charge is -2.36. The summed E-state index contributed by atoms with van der Waals surface area (Å²) in [5.74, 6) is 0.154. The molecule has 0 unspecified atom stereocenters. The van der Waals surface area contributed by atoms with E-state index in [0.29, 0.717) is 49.9 Å². The molecule has 2 aliphatic heterocycles. The molecule has 2 aromatic rings. The van der Waals surface area contributed by atoms with Crippen LogP contribution in [0.4, 0.5) is 11.4 Å². The number of nitrogens with one attached hydrogen (secondary N) is 1. The number of hydrogen-bond donors (Lipinski definition) is 1. The number of para-hydroxylation sites is 2. The second-order valence-electron chi connectivity index (χ2n) is 9.31. The van der Waals surface area contributed by atoms with Crippen LogP contribution < -0.4 is 10.2 Å². The summed E-state index contributed by atoms with van der Waals surface area (Å²) in [5.41, 5.74) is 1.94. The molecule has 0 bridgehead atoms. The number of unbranched alkanes of at least 4 members (excludes halogenated alkanes) is 1. The largest absolute Gasteiger partial charge is 0.369 e. The molecule has 2 saturated heterocycles. The number of piperazine rings is 2. The fraction of sp³-hybridized carbons (Fsp3) is 0.481. The third-order valence-electron chi connectivity index (χ3n) is 6.85. The highest BCUT2D eigenvalue weighted by molar-refractivity contribution is 6.33. The molecule has 2 heterocycles. The topological polar surface area (TPSA) is 59.1 Å². The van der Waals surface area contributed by atoms with Crippen molar-refractivity contribution in [3.05, 3.63) is 59.6 Å². The second-order valence-corrected chi connectivity index (χ2v) is 9.71. The normalized spacial score (nSPS) is 17.4. The number of anilines is 2. The highest BCUT2D eigenvalue weighted by Crippen LogP contribution is 2.20. The summed E-state index contributed by atoms with van der Waals surface area (Å²) in [4.78, 5) is 34.0. The predicted octanol–water partition coefficient (Wildman–Crippen LogP) is 3.42. The van der Waals surface area contributed by atoms with Gasteiger partial charge in [-0.1, -0.05) is 41.9 Å². The van der Waals surface area contributed by atoms with Crippen molar-refractivity contribution in [1.82, 2.24) is 14.7 Å². The third-order valence-corrected chi connectivity index (χ3v) is 7.18. The molecule has 0 saturated carbocycles. The Morgan fingerprint density at radius 1 is 0.771 bits per heavy atom. The van der Waals surface area contributed by atoms with Crippen molar-refractivity contribution in [2.75, 3.05) is 75.7 Å². The Morgan fingerprint density at radius 2 is 1.43 bits per heavy atom. The predicted molar refractivity (Wildman–Crippen MR) is 142 cm³/mol. The van der Waals surface area contributed by atoms with Crippen LogP contribution in [0.1, 0.15) is 19.3 Å². The number of benzene rings is 2. The molecule has 0 spiro atoms. The molecule has 188 valence electrons. The summed E-state index contributed by atoms with van der Waals surface area (Å²) < 4.78 is 0. The first kappa shape index (κ1) is 25.5. The van der Waals surface area contributed by atoms with E-state index < -0.39 is 0 Å². The van der Waals surface area contributed by atoms with Crippen LogP contribution in [0.15, 0.2) is 54.6 Å². The highest BCUT2D eigenvalue weighted by atomic mass is 35.5. The molecular weight excluding hydrogens is 462 g/mol. The minimum Gasteiger partial charge on any atom is -0.369 e. The lowest BCUT2D eigenvalue weighted by molar-refractivity contribution is -0.133. The van der Waals surface area contributed by atoms with Gasteiger partial charge in [-0.05, 0) is 43.7 Å². The fourth-order valence-electron chi connectivity index (χ4n) is 4.75. The first-order valence-corrected chi connectivity index (χ1v) is 13.0. The van der Waals surface area contributed by atoms with Gasteiger partial charge in [0, 0.05) is 64.5 Å². The van der Waals surface area contributed by atoms with Crippen LogP contribution in [0, 0.1) is 0 Å². The lowest BCUT2D eigenvalue weighted by Crippen LogP contribution is -2.50. The summed E-state index contributed by atoms with van der Waals surface area (Å²) in [6.45, 7) is 8.44. The SMILES string of the molecule is O=C(CN1CCN(C(=O)CCCCN2CCN(c3ccccc3)CC2)CC1)Nc1ccccc1Cl. The molecule has 1 N–H and O–H groups in total. The molecule has 0 aromatic heterocycles. The van der Waals surface area contributed by atoms with Crippen LogP contribution in [0.2, 0.25) is 5.02 Å². The van der Waals surface area contributed by atoms with E-state index >= 15 is 0 Å². The quantitative estimate of drug-likeness (QED) is 0.538. The van der Waals surface area contributed by atoms with E-state index in [0.717, 1.165) is 45.6 Å². The average Bonchev–Trinajstić information content (AvgIpc) is 2.89. The van der Waals surface area contributed by atoms with E-state index in [1.54, 1.807) is 12.1 Å². The van der Waals surface area contributed by atoms with Crippen molar-refractivity contribution >= 4 is 34.8 Å². The van der Waals surface area contributed by atoms with E-state index in [-0.39, 0.29) is 11.8 Å². The molecule has 0 radical (unpaired) electrons. The van der Waals surface area contributed by atoms with Crippen molar-refractivity contribution in [3.63, 3.8) is 0 Å². The van der Waals surface area contributed by atoms with E-state index in [1.165, 1.54) is 5.69 Å². The second kappa shape index (κ2) is 12.9. The Balaban J connectivity index is 1.07. The molecule has 2 aliphatic rings. The van der Waals surface area contributed by atoms with Gasteiger partial charge in [-0.25, -0.2) is 0 Å². The van der Waals surface area contributed by atoms with E-state index in [4.69, 9.17) is 11.6 Å². The Bertz CT molecular complexity index is 957. The van der Waals surface area contributed by atoms with Gasteiger partial charge in [0.15, 0.2) is 0 Å². The monoisotopic (exact) mass is 497 g/mol. The van der Waals surface area contributed by atoms with Gasteiger partial charge in [-0.3, -0.25) is 19.4 Å². The number of carbonyl (C=O) groups is 2. The zero-order chi connectivity index (χ0) is 24.5. The van der Waals surface area contributed by atoms with Crippen molar-refractivity contribution in [2.24, 2.45) is 0 Å². The minimum atomic E-state index is -0.0810. The van der Waals surface area contributed by atoms with Gasteiger partial charge in [0.05, 0.1) is 17.3 Å². The number of hydrogen-bond acceptors (Lipinski definition) is 5. The van der Waals surface area contributed by atoms with Gasteiger partial charge in [-0.15, -0.1) is 0 Å². The molecule has 4 rings (SSSR count). The molecule has 2 aromatic carbocycles. The molecule has 35 heavy (non-hydrogen) atoms. The van der Waals surface area contributed by atoms with Crippen molar-refractivity contribution in [3.8, 4) is 0 Å². The zero-order valence-electron chi connectivity index (χ0n) is 20.4. The smallest absolute Gasteiger partial charge is 0.238 e. The number of amides is 2. The standard InChI is InChI=1S/C27H36ClN5O2/c28-24-10-4-5-11-25(24)29-26(34)22-31-16-20-33(21-17-31)27(35)12-6-7-13-30-14-18-32(19-15-30)23-8-2-1-3-9-23/h1-5,8-11H,6-7,12-22H2,(H,29,34). The van der Waals surface area contributed by atoms with Crippen LogP contribution in [0.25, 0.3) is 0 Å². The van der Waals surface area contributed by atoms with E-state index in [2.05, 4.69) is 50.3 Å². The van der Waals surface area contributed by atoms with Crippen LogP contribution >= 0.6 is 11.6 Å². The van der Waals surface area contributed by atoms with Crippen molar-refractivity contribution in [2.45, 2.75) is 19.3 Å². The number of nitrogens with zero attached hydrogens (tertiary/aromatic N) is 4. The van der Waals surface area contributed by atoms with E-state index in [1.807, 2.05) is 17.0 Å². The van der Waals surface area contributed by atoms with Gasteiger partial charge in [0.1, 0.15) is 0 Å².